The smallest absolute Gasteiger partial charge is 0.254 e. The topological polar surface area (TPSA) is 50.2 Å². The maximum atomic E-state index is 12.9. The van der Waals surface area contributed by atoms with Crippen LogP contribution < -0.4 is 5.32 Å². The van der Waals surface area contributed by atoms with E-state index in [0.717, 1.165) is 36.8 Å². The van der Waals surface area contributed by atoms with Crippen molar-refractivity contribution in [3.05, 3.63) is 47.8 Å². The van der Waals surface area contributed by atoms with Gasteiger partial charge in [0, 0.05) is 18.6 Å². The van der Waals surface area contributed by atoms with Crippen LogP contribution >= 0.6 is 0 Å². The molecule has 1 aliphatic heterocycles. The van der Waals surface area contributed by atoms with Crippen LogP contribution in [0.1, 0.15) is 56.6 Å². The molecule has 1 amide bonds. The molecule has 1 unspecified atom stereocenters. The van der Waals surface area contributed by atoms with E-state index in [1.807, 2.05) is 35.0 Å². The lowest BCUT2D eigenvalue weighted by Crippen LogP contribution is -2.54. The lowest BCUT2D eigenvalue weighted by Gasteiger charge is -2.43. The maximum Gasteiger partial charge on any atom is 0.254 e. The van der Waals surface area contributed by atoms with Crippen LogP contribution in [0.25, 0.3) is 5.69 Å². The highest BCUT2D eigenvalue weighted by Crippen LogP contribution is 2.23. The lowest BCUT2D eigenvalue weighted by molar-refractivity contribution is 0.0657. The predicted octanol–water partition coefficient (Wildman–Crippen LogP) is 3.68. The Kier molecular flexibility index (Phi) is 6.00. The van der Waals surface area contributed by atoms with Gasteiger partial charge in [0.05, 0.1) is 23.1 Å². The van der Waals surface area contributed by atoms with E-state index in [1.165, 1.54) is 12.8 Å². The van der Waals surface area contributed by atoms with Gasteiger partial charge in [-0.15, -0.1) is 0 Å². The fraction of sp³-hybridized carbons (Fsp3) is 0.545. The summed E-state index contributed by atoms with van der Waals surface area (Å²) in [5.41, 5.74) is 2.55. The third kappa shape index (κ3) is 4.41. The number of hydrogen-bond donors (Lipinski definition) is 1. The molecule has 1 aliphatic rings. The van der Waals surface area contributed by atoms with Gasteiger partial charge < -0.3 is 5.32 Å². The normalized spacial score (nSPS) is 18.4. The Morgan fingerprint density at radius 1 is 1.30 bits per heavy atom. The van der Waals surface area contributed by atoms with Gasteiger partial charge in [0.2, 0.25) is 0 Å². The Morgan fingerprint density at radius 3 is 2.70 bits per heavy atom. The molecule has 0 radical (unpaired) electrons. The van der Waals surface area contributed by atoms with E-state index in [4.69, 9.17) is 0 Å². The zero-order valence-corrected chi connectivity index (χ0v) is 17.0. The second kappa shape index (κ2) is 8.26. The molecular formula is C22H32N4O. The first-order valence-electron chi connectivity index (χ1n) is 10.1. The summed E-state index contributed by atoms with van der Waals surface area (Å²) < 4.78 is 1.87. The number of nitrogens with one attached hydrogen (secondary N) is 1. The van der Waals surface area contributed by atoms with Crippen molar-refractivity contribution in [1.29, 1.82) is 0 Å². The summed E-state index contributed by atoms with van der Waals surface area (Å²) in [6.07, 6.45) is 4.99. The van der Waals surface area contributed by atoms with Gasteiger partial charge in [-0.1, -0.05) is 32.0 Å². The molecule has 1 aromatic carbocycles. The molecule has 2 heterocycles. The van der Waals surface area contributed by atoms with Crippen molar-refractivity contribution >= 4 is 5.91 Å². The third-order valence-corrected chi connectivity index (χ3v) is 5.64. The van der Waals surface area contributed by atoms with Crippen molar-refractivity contribution in [2.24, 2.45) is 5.92 Å². The van der Waals surface area contributed by atoms with Crippen LogP contribution in [0.5, 0.6) is 0 Å². The number of amides is 1. The van der Waals surface area contributed by atoms with Gasteiger partial charge in [0.1, 0.15) is 0 Å². The minimum absolute atomic E-state index is 0.0350. The molecule has 1 aromatic heterocycles. The minimum Gasteiger partial charge on any atom is -0.350 e. The van der Waals surface area contributed by atoms with Crippen LogP contribution in [0, 0.1) is 5.92 Å². The maximum absolute atomic E-state index is 12.9. The molecule has 0 bridgehead atoms. The highest BCUT2D eigenvalue weighted by molar-refractivity contribution is 5.95. The largest absolute Gasteiger partial charge is 0.350 e. The van der Waals surface area contributed by atoms with Gasteiger partial charge in [-0.2, -0.15) is 5.10 Å². The first kappa shape index (κ1) is 19.6. The molecule has 0 aliphatic carbocycles. The number of rotatable bonds is 6. The molecule has 27 heavy (non-hydrogen) atoms. The van der Waals surface area contributed by atoms with Gasteiger partial charge in [-0.05, 0) is 57.7 Å². The van der Waals surface area contributed by atoms with Crippen molar-refractivity contribution in [3.8, 4) is 5.69 Å². The summed E-state index contributed by atoms with van der Waals surface area (Å²) in [6, 6.07) is 9.97. The molecule has 146 valence electrons. The predicted molar refractivity (Wildman–Crippen MR) is 109 cm³/mol. The highest BCUT2D eigenvalue weighted by atomic mass is 16.1. The van der Waals surface area contributed by atoms with Crippen LogP contribution in [-0.4, -0.2) is 45.8 Å². The number of nitrogens with zero attached hydrogens (tertiary/aromatic N) is 3. The number of benzene rings is 1. The van der Waals surface area contributed by atoms with Crippen LogP contribution in [0.4, 0.5) is 0 Å². The van der Waals surface area contributed by atoms with E-state index in [9.17, 15) is 4.79 Å². The summed E-state index contributed by atoms with van der Waals surface area (Å²) in [5.74, 6) is 0.691. The number of para-hydroxylation sites is 1. The number of hydrogen-bond acceptors (Lipinski definition) is 3. The van der Waals surface area contributed by atoms with E-state index in [-0.39, 0.29) is 11.4 Å². The number of carbonyl (C=O) groups is 1. The van der Waals surface area contributed by atoms with Crippen LogP contribution in [-0.2, 0) is 6.42 Å². The number of piperidine rings is 1. The highest BCUT2D eigenvalue weighted by Gasteiger charge is 2.31. The second-order valence-corrected chi connectivity index (χ2v) is 8.29. The third-order valence-electron chi connectivity index (χ3n) is 5.64. The summed E-state index contributed by atoms with van der Waals surface area (Å²) in [6.45, 7) is 11.7. The standard InChI is InChI=1S/C22H32N4O/c1-5-20-19(14-24-26(20)18-11-7-6-8-12-18)21(27)23-16-22(3,4)25-13-9-10-17(2)15-25/h6-8,11-12,14,17H,5,9-10,13,15-16H2,1-4H3,(H,23,27). The molecule has 3 rings (SSSR count). The average molecular weight is 369 g/mol. The van der Waals surface area contributed by atoms with Gasteiger partial charge in [-0.25, -0.2) is 4.68 Å². The van der Waals surface area contributed by atoms with E-state index in [2.05, 4.69) is 43.0 Å². The average Bonchev–Trinajstić information content (AvgIpc) is 3.11. The fourth-order valence-corrected chi connectivity index (χ4v) is 3.94. The number of aromatic nitrogens is 2. The van der Waals surface area contributed by atoms with E-state index in [1.54, 1.807) is 6.20 Å². The number of carbonyl (C=O) groups excluding carboxylic acids is 1. The molecule has 1 atom stereocenters. The van der Waals surface area contributed by atoms with Crippen molar-refractivity contribution in [2.75, 3.05) is 19.6 Å². The lowest BCUT2D eigenvalue weighted by atomic mass is 9.93. The Morgan fingerprint density at radius 2 is 2.04 bits per heavy atom. The zero-order chi connectivity index (χ0) is 19.4. The first-order chi connectivity index (χ1) is 12.9. The van der Waals surface area contributed by atoms with Gasteiger partial charge in [0.15, 0.2) is 0 Å². The van der Waals surface area contributed by atoms with Crippen molar-refractivity contribution < 1.29 is 4.79 Å². The Bertz CT molecular complexity index is 766. The summed E-state index contributed by atoms with van der Waals surface area (Å²) >= 11 is 0. The molecule has 1 saturated heterocycles. The van der Waals surface area contributed by atoms with E-state index >= 15 is 0 Å². The molecule has 5 nitrogen and oxygen atoms in total. The Hall–Kier alpha value is -2.14. The minimum atomic E-state index is -0.0495. The van der Waals surface area contributed by atoms with Gasteiger partial charge in [0.25, 0.3) is 5.91 Å². The Labute approximate surface area is 162 Å². The van der Waals surface area contributed by atoms with Crippen molar-refractivity contribution in [3.63, 3.8) is 0 Å². The quantitative estimate of drug-likeness (QED) is 0.846. The molecule has 0 spiro atoms. The van der Waals surface area contributed by atoms with Crippen LogP contribution in [0.15, 0.2) is 36.5 Å². The molecule has 1 N–H and O–H groups in total. The molecular weight excluding hydrogens is 336 g/mol. The van der Waals surface area contributed by atoms with Crippen molar-refractivity contribution in [1.82, 2.24) is 20.0 Å². The SMILES string of the molecule is CCc1c(C(=O)NCC(C)(C)N2CCCC(C)C2)cnn1-c1ccccc1. The molecule has 2 aromatic rings. The van der Waals surface area contributed by atoms with Gasteiger partial charge >= 0.3 is 0 Å². The monoisotopic (exact) mass is 368 g/mol. The van der Waals surface area contributed by atoms with E-state index < -0.39 is 0 Å². The molecule has 5 heteroatoms. The zero-order valence-electron chi connectivity index (χ0n) is 17.0. The van der Waals surface area contributed by atoms with Gasteiger partial charge in [-0.3, -0.25) is 9.69 Å². The summed E-state index contributed by atoms with van der Waals surface area (Å²) in [7, 11) is 0. The second-order valence-electron chi connectivity index (χ2n) is 8.29. The van der Waals surface area contributed by atoms with Crippen molar-refractivity contribution in [2.45, 2.75) is 52.5 Å². The fourth-order valence-electron chi connectivity index (χ4n) is 3.94. The number of likely N-dealkylation sites (tertiary alicyclic amines) is 1. The first-order valence-corrected chi connectivity index (χ1v) is 10.1. The summed E-state index contributed by atoms with van der Waals surface area (Å²) in [5, 5.41) is 7.62. The molecule has 0 saturated carbocycles. The van der Waals surface area contributed by atoms with Crippen LogP contribution in [0.2, 0.25) is 0 Å². The summed E-state index contributed by atoms with van der Waals surface area (Å²) in [4.78, 5) is 15.4. The molecule has 1 fully saturated rings. The van der Waals surface area contributed by atoms with E-state index in [0.29, 0.717) is 12.1 Å². The Balaban J connectivity index is 1.70. The van der Waals surface area contributed by atoms with Crippen LogP contribution in [0.3, 0.4) is 0 Å².